The van der Waals surface area contributed by atoms with Crippen molar-refractivity contribution in [3.8, 4) is 11.5 Å². The first-order valence-corrected chi connectivity index (χ1v) is 11.0. The number of thiophene rings is 1. The molecule has 6 nitrogen and oxygen atoms in total. The van der Waals surface area contributed by atoms with Crippen molar-refractivity contribution < 1.29 is 19.1 Å². The predicted octanol–water partition coefficient (Wildman–Crippen LogP) is 4.18. The Morgan fingerprint density at radius 2 is 1.62 bits per heavy atom. The van der Waals surface area contributed by atoms with Crippen LogP contribution in [0.15, 0.2) is 71.7 Å². The van der Waals surface area contributed by atoms with E-state index < -0.39 is 0 Å². The van der Waals surface area contributed by atoms with Gasteiger partial charge in [0.2, 0.25) is 0 Å². The number of carbonyl (C=O) groups excluding carboxylic acids is 2. The maximum atomic E-state index is 13.5. The van der Waals surface area contributed by atoms with E-state index in [1.54, 1.807) is 26.4 Å². The van der Waals surface area contributed by atoms with Gasteiger partial charge >= 0.3 is 0 Å². The Morgan fingerprint density at radius 3 is 2.28 bits per heavy atom. The molecule has 0 aliphatic carbocycles. The zero-order chi connectivity index (χ0) is 22.7. The van der Waals surface area contributed by atoms with Crippen LogP contribution in [0.4, 0.5) is 0 Å². The SMILES string of the molecule is COc1ccc(CN2C(=O)C(c3cccs3)=C(N(C)Cc3ccccc3)C2=O)cc1OC. The first-order chi connectivity index (χ1) is 15.5. The number of benzene rings is 2. The van der Waals surface area contributed by atoms with E-state index in [0.29, 0.717) is 29.3 Å². The molecule has 2 aromatic carbocycles. The van der Waals surface area contributed by atoms with Gasteiger partial charge in [-0.2, -0.15) is 0 Å². The van der Waals surface area contributed by atoms with Gasteiger partial charge in [-0.3, -0.25) is 14.5 Å². The second kappa shape index (κ2) is 9.28. The van der Waals surface area contributed by atoms with Gasteiger partial charge < -0.3 is 14.4 Å². The highest BCUT2D eigenvalue weighted by atomic mass is 32.1. The van der Waals surface area contributed by atoms with Crippen molar-refractivity contribution >= 4 is 28.7 Å². The molecule has 0 bridgehead atoms. The maximum absolute atomic E-state index is 13.5. The molecule has 0 fully saturated rings. The van der Waals surface area contributed by atoms with E-state index in [1.807, 2.05) is 65.9 Å². The van der Waals surface area contributed by atoms with Crippen LogP contribution < -0.4 is 9.47 Å². The number of methoxy groups -OCH3 is 2. The molecule has 1 aromatic heterocycles. The van der Waals surface area contributed by atoms with Gasteiger partial charge in [-0.05, 0) is 34.7 Å². The molecule has 4 rings (SSSR count). The summed E-state index contributed by atoms with van der Waals surface area (Å²) in [6, 6.07) is 19.0. The molecule has 164 valence electrons. The van der Waals surface area contributed by atoms with Gasteiger partial charge in [-0.25, -0.2) is 0 Å². The fraction of sp³-hybridized carbons (Fsp3) is 0.200. The van der Waals surface area contributed by atoms with Crippen LogP contribution in [0.1, 0.15) is 16.0 Å². The predicted molar refractivity (Wildman–Crippen MR) is 124 cm³/mol. The average molecular weight is 449 g/mol. The summed E-state index contributed by atoms with van der Waals surface area (Å²) >= 11 is 1.45. The first-order valence-electron chi connectivity index (χ1n) is 10.1. The van der Waals surface area contributed by atoms with Gasteiger partial charge in [0.15, 0.2) is 11.5 Å². The van der Waals surface area contributed by atoms with Crippen molar-refractivity contribution in [2.24, 2.45) is 0 Å². The van der Waals surface area contributed by atoms with E-state index in [0.717, 1.165) is 16.0 Å². The Hall–Kier alpha value is -3.58. The van der Waals surface area contributed by atoms with Crippen LogP contribution in [0.3, 0.4) is 0 Å². The molecule has 1 aliphatic heterocycles. The molecular formula is C25H24N2O4S. The monoisotopic (exact) mass is 448 g/mol. The molecule has 0 atom stereocenters. The minimum atomic E-state index is -0.299. The van der Waals surface area contributed by atoms with Crippen LogP contribution in [-0.2, 0) is 22.7 Å². The van der Waals surface area contributed by atoms with E-state index in [9.17, 15) is 9.59 Å². The lowest BCUT2D eigenvalue weighted by Gasteiger charge is -2.21. The Labute approximate surface area is 191 Å². The molecule has 7 heteroatoms. The second-order valence-electron chi connectivity index (χ2n) is 7.43. The minimum Gasteiger partial charge on any atom is -0.493 e. The largest absolute Gasteiger partial charge is 0.493 e. The molecule has 0 saturated heterocycles. The molecule has 32 heavy (non-hydrogen) atoms. The third-order valence-corrected chi connectivity index (χ3v) is 6.23. The van der Waals surface area contributed by atoms with E-state index >= 15 is 0 Å². The molecular weight excluding hydrogens is 424 g/mol. The summed E-state index contributed by atoms with van der Waals surface area (Å²) in [6.07, 6.45) is 0. The summed E-state index contributed by atoms with van der Waals surface area (Å²) in [5.74, 6) is 0.557. The van der Waals surface area contributed by atoms with Gasteiger partial charge in [0, 0.05) is 18.5 Å². The molecule has 3 aromatic rings. The van der Waals surface area contributed by atoms with Crippen molar-refractivity contribution in [1.82, 2.24) is 9.80 Å². The van der Waals surface area contributed by atoms with Gasteiger partial charge in [0.1, 0.15) is 5.70 Å². The molecule has 0 N–H and O–H groups in total. The Morgan fingerprint density at radius 1 is 0.875 bits per heavy atom. The molecule has 0 radical (unpaired) electrons. The third-order valence-electron chi connectivity index (χ3n) is 5.34. The summed E-state index contributed by atoms with van der Waals surface area (Å²) in [7, 11) is 4.97. The Bertz CT molecular complexity index is 1160. The smallest absolute Gasteiger partial charge is 0.278 e. The van der Waals surface area contributed by atoms with Crippen LogP contribution in [-0.4, -0.2) is 42.9 Å². The van der Waals surface area contributed by atoms with Crippen LogP contribution in [0.25, 0.3) is 5.57 Å². The zero-order valence-corrected chi connectivity index (χ0v) is 19.0. The molecule has 2 amide bonds. The molecule has 0 spiro atoms. The van der Waals surface area contributed by atoms with E-state index in [2.05, 4.69) is 0 Å². The molecule has 0 saturated carbocycles. The number of ether oxygens (including phenoxy) is 2. The number of carbonyl (C=O) groups is 2. The molecule has 2 heterocycles. The van der Waals surface area contributed by atoms with Gasteiger partial charge in [-0.1, -0.05) is 42.5 Å². The summed E-state index contributed by atoms with van der Waals surface area (Å²) < 4.78 is 10.7. The van der Waals surface area contributed by atoms with Crippen molar-refractivity contribution in [2.75, 3.05) is 21.3 Å². The van der Waals surface area contributed by atoms with Gasteiger partial charge in [-0.15, -0.1) is 11.3 Å². The summed E-state index contributed by atoms with van der Waals surface area (Å²) in [4.78, 5) is 30.9. The van der Waals surface area contributed by atoms with E-state index in [1.165, 1.54) is 16.2 Å². The van der Waals surface area contributed by atoms with E-state index in [4.69, 9.17) is 9.47 Å². The Balaban J connectivity index is 1.66. The highest BCUT2D eigenvalue weighted by Gasteiger charge is 2.41. The van der Waals surface area contributed by atoms with Crippen molar-refractivity contribution in [1.29, 1.82) is 0 Å². The average Bonchev–Trinajstić information content (AvgIpc) is 3.42. The van der Waals surface area contributed by atoms with Gasteiger partial charge in [0.25, 0.3) is 11.8 Å². The number of amides is 2. The fourth-order valence-corrected chi connectivity index (χ4v) is 4.56. The van der Waals surface area contributed by atoms with Gasteiger partial charge in [0.05, 0.1) is 26.3 Å². The second-order valence-corrected chi connectivity index (χ2v) is 8.38. The quantitative estimate of drug-likeness (QED) is 0.484. The standard InChI is InChI=1S/C25H24N2O4S/c1-26(15-17-8-5-4-6-9-17)23-22(21-10-7-13-32-21)24(28)27(25(23)29)16-18-11-12-19(30-2)20(14-18)31-3/h4-14H,15-16H2,1-3H3. The zero-order valence-electron chi connectivity index (χ0n) is 18.2. The normalized spacial score (nSPS) is 13.7. The number of hydrogen-bond acceptors (Lipinski definition) is 6. The van der Waals surface area contributed by atoms with E-state index in [-0.39, 0.29) is 18.4 Å². The van der Waals surface area contributed by atoms with Crippen LogP contribution in [0.2, 0.25) is 0 Å². The first kappa shape index (κ1) is 21.6. The summed E-state index contributed by atoms with van der Waals surface area (Å²) in [6.45, 7) is 0.670. The highest BCUT2D eigenvalue weighted by molar-refractivity contribution is 7.11. The van der Waals surface area contributed by atoms with Crippen LogP contribution in [0.5, 0.6) is 11.5 Å². The third kappa shape index (κ3) is 4.11. The maximum Gasteiger partial charge on any atom is 0.278 e. The van der Waals surface area contributed by atoms with Crippen LogP contribution in [0, 0.1) is 0 Å². The lowest BCUT2D eigenvalue weighted by atomic mass is 10.1. The van der Waals surface area contributed by atoms with Crippen LogP contribution >= 0.6 is 11.3 Å². The topological polar surface area (TPSA) is 59.1 Å². The number of nitrogens with zero attached hydrogens (tertiary/aromatic N) is 2. The fourth-order valence-electron chi connectivity index (χ4n) is 3.80. The molecule has 0 unspecified atom stereocenters. The highest BCUT2D eigenvalue weighted by Crippen LogP contribution is 2.35. The number of rotatable bonds is 8. The van der Waals surface area contributed by atoms with Crippen molar-refractivity contribution in [2.45, 2.75) is 13.1 Å². The van der Waals surface area contributed by atoms with Crippen molar-refractivity contribution in [3.05, 3.63) is 87.7 Å². The lowest BCUT2D eigenvalue weighted by molar-refractivity contribution is -0.138. The lowest BCUT2D eigenvalue weighted by Crippen LogP contribution is -2.33. The number of imide groups is 1. The molecule has 1 aliphatic rings. The Kier molecular flexibility index (Phi) is 6.28. The number of likely N-dealkylation sites (N-methyl/N-ethyl adjacent to an activating group) is 1. The minimum absolute atomic E-state index is 0.148. The summed E-state index contributed by atoms with van der Waals surface area (Å²) in [5.41, 5.74) is 2.71. The number of hydrogen-bond donors (Lipinski definition) is 0. The summed E-state index contributed by atoms with van der Waals surface area (Å²) in [5, 5.41) is 1.91. The van der Waals surface area contributed by atoms with Crippen molar-refractivity contribution in [3.63, 3.8) is 0 Å².